The van der Waals surface area contributed by atoms with Crippen molar-refractivity contribution >= 4 is 18.0 Å². The summed E-state index contributed by atoms with van der Waals surface area (Å²) >= 11 is 0. The molecule has 2 aliphatic heterocycles. The van der Waals surface area contributed by atoms with E-state index in [2.05, 4.69) is 193 Å². The largest absolute Gasteiger partial charge is 0.383 e. The Morgan fingerprint density at radius 3 is 1.57 bits per heavy atom. The average molecular weight is 775 g/mol. The van der Waals surface area contributed by atoms with Crippen molar-refractivity contribution in [2.24, 2.45) is 0 Å². The summed E-state index contributed by atoms with van der Waals surface area (Å²) in [5, 5.41) is 0. The molecule has 0 N–H and O–H groups in total. The number of hydrogen-bond acceptors (Lipinski definition) is 4. The molecule has 2 aliphatic carbocycles. The third-order valence-corrected chi connectivity index (χ3v) is 13.2. The highest BCUT2D eigenvalue weighted by atomic mass is 15.1. The predicted octanol–water partition coefficient (Wildman–Crippen LogP) is 12.2. The molecule has 4 aliphatic rings. The fourth-order valence-corrected chi connectivity index (χ4v) is 10.5. The zero-order valence-electron chi connectivity index (χ0n) is 33.1. The van der Waals surface area contributed by atoms with Crippen molar-refractivity contribution in [3.8, 4) is 78.7 Å². The van der Waals surface area contributed by atoms with Gasteiger partial charge >= 0.3 is 6.85 Å². The zero-order chi connectivity index (χ0) is 40.1. The van der Waals surface area contributed by atoms with E-state index in [0.29, 0.717) is 17.5 Å². The molecular formula is C56H35BN4. The van der Waals surface area contributed by atoms with E-state index >= 15 is 0 Å². The van der Waals surface area contributed by atoms with Crippen molar-refractivity contribution in [3.05, 3.63) is 235 Å². The fourth-order valence-electron chi connectivity index (χ4n) is 10.5. The van der Waals surface area contributed by atoms with E-state index < -0.39 is 5.41 Å². The second-order valence-corrected chi connectivity index (χ2v) is 16.3. The first-order valence-electron chi connectivity index (χ1n) is 21.0. The van der Waals surface area contributed by atoms with Crippen LogP contribution in [0.25, 0.3) is 78.7 Å². The molecule has 0 amide bonds. The minimum absolute atomic E-state index is 0.0226. The van der Waals surface area contributed by atoms with E-state index in [1.165, 1.54) is 61.1 Å². The minimum Gasteiger partial charge on any atom is -0.383 e. The van der Waals surface area contributed by atoms with Crippen LogP contribution in [-0.2, 0) is 5.41 Å². The predicted molar refractivity (Wildman–Crippen MR) is 249 cm³/mol. The van der Waals surface area contributed by atoms with Crippen molar-refractivity contribution in [2.75, 3.05) is 4.81 Å². The summed E-state index contributed by atoms with van der Waals surface area (Å²) in [6.45, 7) is 0.0226. The average Bonchev–Trinajstić information content (AvgIpc) is 3.81. The fraction of sp³-hybridized carbons (Fsp3) is 0.0179. The van der Waals surface area contributed by atoms with Crippen molar-refractivity contribution in [1.29, 1.82) is 0 Å². The van der Waals surface area contributed by atoms with E-state index in [4.69, 9.17) is 15.0 Å². The molecule has 1 spiro atoms. The van der Waals surface area contributed by atoms with Gasteiger partial charge in [-0.3, -0.25) is 0 Å². The van der Waals surface area contributed by atoms with Crippen LogP contribution < -0.4 is 10.3 Å². The molecule has 282 valence electrons. The molecule has 0 saturated carbocycles. The van der Waals surface area contributed by atoms with Crippen LogP contribution in [0.1, 0.15) is 22.3 Å². The number of hydrogen-bond donors (Lipinski definition) is 0. The zero-order valence-corrected chi connectivity index (χ0v) is 33.1. The van der Waals surface area contributed by atoms with Crippen molar-refractivity contribution in [2.45, 2.75) is 5.41 Å². The summed E-state index contributed by atoms with van der Waals surface area (Å²) in [7, 11) is 0. The molecule has 0 radical (unpaired) electrons. The Kier molecular flexibility index (Phi) is 7.28. The van der Waals surface area contributed by atoms with Gasteiger partial charge in [-0.05, 0) is 97.1 Å². The molecule has 0 fully saturated rings. The Morgan fingerprint density at radius 1 is 0.361 bits per heavy atom. The highest BCUT2D eigenvalue weighted by Crippen LogP contribution is 2.63. The van der Waals surface area contributed by atoms with Gasteiger partial charge in [-0.1, -0.05) is 182 Å². The van der Waals surface area contributed by atoms with Gasteiger partial charge in [0.1, 0.15) is 0 Å². The SMILES string of the molecule is C1=CB2c3cc4c(cc3-c3ccc(-c5nc(-c6ccccc6)nc(-c6cccc(-c7ccccc7)c6)n5)cc3N2C=C1)C1(c2ccccc2-c2ccccc21)c1ccccc1-4. The van der Waals surface area contributed by atoms with Crippen LogP contribution >= 0.6 is 0 Å². The lowest BCUT2D eigenvalue weighted by Gasteiger charge is -2.37. The monoisotopic (exact) mass is 774 g/mol. The molecule has 0 unspecified atom stereocenters. The van der Waals surface area contributed by atoms with Gasteiger partial charge in [0.2, 0.25) is 0 Å². The molecule has 13 rings (SSSR count). The molecule has 8 aromatic carbocycles. The number of rotatable bonds is 4. The molecule has 0 atom stereocenters. The quantitative estimate of drug-likeness (QED) is 0.167. The Balaban J connectivity index is 1.01. The van der Waals surface area contributed by atoms with E-state index in [9.17, 15) is 0 Å². The molecule has 5 heteroatoms. The lowest BCUT2D eigenvalue weighted by atomic mass is 9.49. The smallest absolute Gasteiger partial charge is 0.320 e. The Hall–Kier alpha value is -7.89. The first kappa shape index (κ1) is 34.0. The number of allylic oxidation sites excluding steroid dienone is 2. The van der Waals surface area contributed by atoms with Crippen LogP contribution in [0, 0.1) is 0 Å². The summed E-state index contributed by atoms with van der Waals surface area (Å²) < 4.78 is 0. The second kappa shape index (κ2) is 13.1. The van der Waals surface area contributed by atoms with Crippen LogP contribution in [0.4, 0.5) is 5.69 Å². The van der Waals surface area contributed by atoms with Gasteiger partial charge in [-0.15, -0.1) is 0 Å². The second-order valence-electron chi connectivity index (χ2n) is 16.3. The van der Waals surface area contributed by atoms with Crippen LogP contribution in [0.2, 0.25) is 0 Å². The van der Waals surface area contributed by atoms with Gasteiger partial charge in [0.05, 0.1) is 5.41 Å². The summed E-state index contributed by atoms with van der Waals surface area (Å²) in [4.78, 5) is 17.9. The van der Waals surface area contributed by atoms with Crippen LogP contribution in [0.3, 0.4) is 0 Å². The Morgan fingerprint density at radius 2 is 0.902 bits per heavy atom. The molecule has 61 heavy (non-hydrogen) atoms. The number of aromatic nitrogens is 3. The van der Waals surface area contributed by atoms with E-state index in [0.717, 1.165) is 33.5 Å². The summed E-state index contributed by atoms with van der Waals surface area (Å²) in [6, 6.07) is 68.0. The number of fused-ring (bicyclic) bond motifs is 16. The Bertz CT molecular complexity index is 3290. The highest BCUT2D eigenvalue weighted by molar-refractivity contribution is 6.84. The van der Waals surface area contributed by atoms with Gasteiger partial charge in [-0.25, -0.2) is 15.0 Å². The number of benzene rings is 8. The van der Waals surface area contributed by atoms with Gasteiger partial charge in [0.15, 0.2) is 17.5 Å². The van der Waals surface area contributed by atoms with Gasteiger partial charge in [0.25, 0.3) is 0 Å². The molecule has 9 aromatic rings. The third-order valence-electron chi connectivity index (χ3n) is 13.2. The number of nitrogens with zero attached hydrogens (tertiary/aromatic N) is 4. The summed E-state index contributed by atoms with van der Waals surface area (Å²) in [5.41, 5.74) is 20.2. The van der Waals surface area contributed by atoms with Crippen molar-refractivity contribution < 1.29 is 0 Å². The summed E-state index contributed by atoms with van der Waals surface area (Å²) in [5.74, 6) is 4.25. The van der Waals surface area contributed by atoms with Gasteiger partial charge in [-0.2, -0.15) is 0 Å². The maximum atomic E-state index is 5.22. The molecule has 4 nitrogen and oxygen atoms in total. The molecule has 3 heterocycles. The standard InChI is InChI=1S/C56H35BN4/c1-3-16-36(17-4-1)38-20-15-21-39(32-38)54-58-53(37-18-5-2-6-19-37)59-55(60-54)40-28-29-44-46-34-50-45(35-51(46)57-30-13-14-31-61(57)52(44)33-40)43-24-9-12-27-49(43)56(50)47-25-10-7-22-41(47)42-23-8-11-26-48(42)56/h1-35H. The van der Waals surface area contributed by atoms with Crippen molar-refractivity contribution in [3.63, 3.8) is 0 Å². The maximum Gasteiger partial charge on any atom is 0.320 e. The van der Waals surface area contributed by atoms with E-state index in [1.807, 2.05) is 24.3 Å². The van der Waals surface area contributed by atoms with Crippen molar-refractivity contribution in [1.82, 2.24) is 15.0 Å². The van der Waals surface area contributed by atoms with E-state index in [1.54, 1.807) is 0 Å². The lowest BCUT2D eigenvalue weighted by molar-refractivity contribution is 0.794. The molecule has 0 saturated heterocycles. The normalized spacial score (nSPS) is 14.2. The van der Waals surface area contributed by atoms with Crippen LogP contribution in [-0.4, -0.2) is 21.8 Å². The van der Waals surface area contributed by atoms with Crippen LogP contribution in [0.15, 0.2) is 212 Å². The summed E-state index contributed by atoms with van der Waals surface area (Å²) in [6.07, 6.45) is 6.53. The minimum atomic E-state index is -0.416. The van der Waals surface area contributed by atoms with E-state index in [-0.39, 0.29) is 6.85 Å². The first-order chi connectivity index (χ1) is 30.2. The highest BCUT2D eigenvalue weighted by Gasteiger charge is 2.52. The van der Waals surface area contributed by atoms with Gasteiger partial charge in [0, 0.05) is 27.9 Å². The molecule has 1 aromatic heterocycles. The Labute approximate surface area is 355 Å². The topological polar surface area (TPSA) is 41.9 Å². The van der Waals surface area contributed by atoms with Gasteiger partial charge < -0.3 is 4.81 Å². The third kappa shape index (κ3) is 4.92. The van der Waals surface area contributed by atoms with Crippen LogP contribution in [0.5, 0.6) is 0 Å². The first-order valence-corrected chi connectivity index (χ1v) is 21.0. The molecular weight excluding hydrogens is 739 g/mol. The molecule has 0 bridgehead atoms. The lowest BCUT2D eigenvalue weighted by Crippen LogP contribution is -2.49. The maximum absolute atomic E-state index is 5.22. The number of anilines is 1.